The number of rotatable bonds is 6. The second-order valence-electron chi connectivity index (χ2n) is 5.16. The third kappa shape index (κ3) is 4.84. The highest BCUT2D eigenvalue weighted by Gasteiger charge is 2.25. The van der Waals surface area contributed by atoms with Gasteiger partial charge in [0.1, 0.15) is 0 Å². The first kappa shape index (κ1) is 20.7. The number of halogens is 5. The van der Waals surface area contributed by atoms with E-state index in [0.717, 1.165) is 6.08 Å². The molecule has 1 aliphatic heterocycles. The van der Waals surface area contributed by atoms with Gasteiger partial charge in [-0.2, -0.15) is 8.78 Å². The highest BCUT2D eigenvalue weighted by atomic mass is 35.5. The molecule has 0 radical (unpaired) electrons. The second kappa shape index (κ2) is 9.86. The minimum absolute atomic E-state index is 0. The van der Waals surface area contributed by atoms with Crippen LogP contribution in [0.3, 0.4) is 0 Å². The van der Waals surface area contributed by atoms with Crippen molar-refractivity contribution in [2.24, 2.45) is 0 Å². The van der Waals surface area contributed by atoms with Crippen molar-refractivity contribution in [2.75, 3.05) is 39.5 Å². The van der Waals surface area contributed by atoms with Crippen molar-refractivity contribution in [3.05, 3.63) is 34.9 Å². The molecule has 1 aromatic rings. The first-order chi connectivity index (χ1) is 11.1. The van der Waals surface area contributed by atoms with Gasteiger partial charge in [-0.1, -0.05) is 19.1 Å². The number of morpholine rings is 1. The Hall–Kier alpha value is -1.31. The minimum Gasteiger partial charge on any atom is -1.00 e. The first-order valence-corrected chi connectivity index (χ1v) is 7.51. The lowest BCUT2D eigenvalue weighted by molar-refractivity contribution is -0.00000853. The molecule has 0 aromatic heterocycles. The van der Waals surface area contributed by atoms with Crippen LogP contribution >= 0.6 is 0 Å². The molecule has 2 rings (SSSR count). The van der Waals surface area contributed by atoms with Gasteiger partial charge in [0.2, 0.25) is 11.6 Å². The van der Waals surface area contributed by atoms with E-state index >= 15 is 0 Å². The first-order valence-electron chi connectivity index (χ1n) is 7.51. The summed E-state index contributed by atoms with van der Waals surface area (Å²) in [4.78, 5) is 2.00. The number of hydrogen-bond donors (Lipinski definition) is 0. The number of benzene rings is 1. The van der Waals surface area contributed by atoms with Gasteiger partial charge in [-0.25, -0.2) is 8.78 Å². The molecular formula is C16H19ClF4NO2-. The monoisotopic (exact) mass is 368 g/mol. The zero-order valence-electron chi connectivity index (χ0n) is 13.3. The van der Waals surface area contributed by atoms with E-state index in [4.69, 9.17) is 9.47 Å². The SMILES string of the molecule is CCCOc1c(F)c(F)c(/C=C/CN2CCOCC2)c(F)c1F.[Cl-]. The van der Waals surface area contributed by atoms with E-state index in [9.17, 15) is 17.6 Å². The van der Waals surface area contributed by atoms with Crippen molar-refractivity contribution in [3.63, 3.8) is 0 Å². The van der Waals surface area contributed by atoms with Gasteiger partial charge in [0.05, 0.1) is 25.4 Å². The van der Waals surface area contributed by atoms with Crippen molar-refractivity contribution >= 4 is 6.08 Å². The van der Waals surface area contributed by atoms with E-state index in [1.54, 1.807) is 6.92 Å². The van der Waals surface area contributed by atoms with Gasteiger partial charge < -0.3 is 21.9 Å². The van der Waals surface area contributed by atoms with Gasteiger partial charge in [-0.3, -0.25) is 4.90 Å². The third-order valence-electron chi connectivity index (χ3n) is 3.46. The van der Waals surface area contributed by atoms with Crippen LogP contribution in [0.15, 0.2) is 6.08 Å². The molecule has 136 valence electrons. The quantitative estimate of drug-likeness (QED) is 0.535. The molecule has 3 nitrogen and oxygen atoms in total. The van der Waals surface area contributed by atoms with E-state index in [1.165, 1.54) is 6.08 Å². The molecule has 0 bridgehead atoms. The Morgan fingerprint density at radius 2 is 1.62 bits per heavy atom. The largest absolute Gasteiger partial charge is 1.00 e. The van der Waals surface area contributed by atoms with Gasteiger partial charge in [0, 0.05) is 19.6 Å². The minimum atomic E-state index is -1.51. The van der Waals surface area contributed by atoms with Gasteiger partial charge in [0.25, 0.3) is 0 Å². The predicted molar refractivity (Wildman–Crippen MR) is 78.4 cm³/mol. The summed E-state index contributed by atoms with van der Waals surface area (Å²) in [6.45, 7) is 4.67. The van der Waals surface area contributed by atoms with Crippen LogP contribution in [0.1, 0.15) is 18.9 Å². The van der Waals surface area contributed by atoms with Crippen LogP contribution in [0.25, 0.3) is 6.08 Å². The third-order valence-corrected chi connectivity index (χ3v) is 3.46. The Labute approximate surface area is 144 Å². The van der Waals surface area contributed by atoms with Gasteiger partial charge in [0.15, 0.2) is 17.4 Å². The lowest BCUT2D eigenvalue weighted by atomic mass is 10.1. The standard InChI is InChI=1S/C16H19F4NO2.ClH/c1-2-8-23-16-14(19)12(17)11(13(18)15(16)20)4-3-5-21-6-9-22-10-7-21;/h3-4H,2,5-10H2,1H3;1H/p-1/b4-3+;. The average molecular weight is 369 g/mol. The zero-order chi connectivity index (χ0) is 16.8. The summed E-state index contributed by atoms with van der Waals surface area (Å²) >= 11 is 0. The lowest BCUT2D eigenvalue weighted by Crippen LogP contribution is -3.00. The Balaban J connectivity index is 0.00000288. The number of hydrogen-bond acceptors (Lipinski definition) is 3. The zero-order valence-corrected chi connectivity index (χ0v) is 14.0. The summed E-state index contributed by atoms with van der Waals surface area (Å²) in [5, 5.41) is 0. The molecule has 0 N–H and O–H groups in total. The van der Waals surface area contributed by atoms with Gasteiger partial charge in [-0.05, 0) is 6.42 Å². The Kier molecular flexibility index (Phi) is 8.52. The molecule has 1 fully saturated rings. The molecule has 1 saturated heterocycles. The molecule has 1 heterocycles. The normalized spacial score (nSPS) is 15.5. The van der Waals surface area contributed by atoms with Gasteiger partial charge >= 0.3 is 0 Å². The van der Waals surface area contributed by atoms with Crippen LogP contribution in [-0.4, -0.2) is 44.4 Å². The Bertz CT molecular complexity index is 549. The summed E-state index contributed by atoms with van der Waals surface area (Å²) in [7, 11) is 0. The summed E-state index contributed by atoms with van der Waals surface area (Å²) in [6.07, 6.45) is 2.98. The molecule has 0 saturated carbocycles. The van der Waals surface area contributed by atoms with Crippen LogP contribution in [0.2, 0.25) is 0 Å². The van der Waals surface area contributed by atoms with Crippen molar-refractivity contribution in [1.29, 1.82) is 0 Å². The predicted octanol–water partition coefficient (Wildman–Crippen LogP) is 0.381. The van der Waals surface area contributed by atoms with E-state index in [1.807, 2.05) is 4.90 Å². The maximum absolute atomic E-state index is 13.9. The Morgan fingerprint density at radius 1 is 1.04 bits per heavy atom. The van der Waals surface area contributed by atoms with Crippen LogP contribution in [-0.2, 0) is 4.74 Å². The maximum Gasteiger partial charge on any atom is 0.204 e. The molecule has 0 unspecified atom stereocenters. The van der Waals surface area contributed by atoms with Gasteiger partial charge in [-0.15, -0.1) is 0 Å². The lowest BCUT2D eigenvalue weighted by Gasteiger charge is -2.25. The fourth-order valence-corrected chi connectivity index (χ4v) is 2.21. The fraction of sp³-hybridized carbons (Fsp3) is 0.500. The Morgan fingerprint density at radius 3 is 2.17 bits per heavy atom. The molecule has 0 amide bonds. The van der Waals surface area contributed by atoms with Crippen LogP contribution in [0, 0.1) is 23.3 Å². The summed E-state index contributed by atoms with van der Waals surface area (Å²) < 4.78 is 65.5. The number of nitrogens with zero attached hydrogens (tertiary/aromatic N) is 1. The highest BCUT2D eigenvalue weighted by molar-refractivity contribution is 5.54. The van der Waals surface area contributed by atoms with Crippen LogP contribution in [0.5, 0.6) is 5.75 Å². The average Bonchev–Trinajstić information content (AvgIpc) is 2.57. The molecular weight excluding hydrogens is 350 g/mol. The summed E-state index contributed by atoms with van der Waals surface area (Å²) in [5.74, 6) is -6.93. The van der Waals surface area contributed by atoms with E-state index in [0.29, 0.717) is 39.3 Å². The summed E-state index contributed by atoms with van der Waals surface area (Å²) in [6, 6.07) is 0. The molecule has 0 spiro atoms. The van der Waals surface area contributed by atoms with Crippen molar-refractivity contribution in [3.8, 4) is 5.75 Å². The van der Waals surface area contributed by atoms with Crippen molar-refractivity contribution in [2.45, 2.75) is 13.3 Å². The molecule has 24 heavy (non-hydrogen) atoms. The highest BCUT2D eigenvalue weighted by Crippen LogP contribution is 2.30. The molecule has 1 aliphatic rings. The topological polar surface area (TPSA) is 21.7 Å². The fourth-order valence-electron chi connectivity index (χ4n) is 2.21. The van der Waals surface area contributed by atoms with Crippen molar-refractivity contribution < 1.29 is 39.4 Å². The molecule has 8 heteroatoms. The second-order valence-corrected chi connectivity index (χ2v) is 5.16. The molecule has 0 atom stereocenters. The van der Waals surface area contributed by atoms with Crippen LogP contribution in [0.4, 0.5) is 17.6 Å². The van der Waals surface area contributed by atoms with E-state index in [2.05, 4.69) is 0 Å². The smallest absolute Gasteiger partial charge is 0.204 e. The van der Waals surface area contributed by atoms with Crippen molar-refractivity contribution in [1.82, 2.24) is 4.90 Å². The number of ether oxygens (including phenoxy) is 2. The summed E-state index contributed by atoms with van der Waals surface area (Å²) in [5.41, 5.74) is -0.739. The van der Waals surface area contributed by atoms with E-state index < -0.39 is 34.6 Å². The van der Waals surface area contributed by atoms with Crippen LogP contribution < -0.4 is 17.1 Å². The maximum atomic E-state index is 13.9. The molecule has 0 aliphatic carbocycles. The van der Waals surface area contributed by atoms with E-state index in [-0.39, 0.29) is 19.0 Å². The molecule has 1 aromatic carbocycles.